The number of rotatable bonds is 2. The molecule has 1 N–H and O–H groups in total. The number of benzene rings is 1. The molecule has 0 spiro atoms. The number of alkyl halides is 1. The lowest BCUT2D eigenvalue weighted by molar-refractivity contribution is -0.151. The zero-order valence-corrected chi connectivity index (χ0v) is 14.5. The molecule has 1 aromatic carbocycles. The maximum absolute atomic E-state index is 15.5. The quantitative estimate of drug-likeness (QED) is 0.892. The second-order valence-electron chi connectivity index (χ2n) is 6.95. The molecule has 2 fully saturated rings. The van der Waals surface area contributed by atoms with Crippen LogP contribution in [-0.2, 0) is 9.53 Å². The van der Waals surface area contributed by atoms with Gasteiger partial charge in [0.1, 0.15) is 0 Å². The highest BCUT2D eigenvalue weighted by molar-refractivity contribution is 6.07. The number of aromatic nitrogens is 1. The molecule has 4 rings (SSSR count). The van der Waals surface area contributed by atoms with Crippen molar-refractivity contribution in [2.24, 2.45) is 0 Å². The van der Waals surface area contributed by atoms with Gasteiger partial charge in [-0.05, 0) is 18.9 Å². The monoisotopic (exact) mass is 359 g/mol. The van der Waals surface area contributed by atoms with E-state index in [1.807, 2.05) is 24.3 Å². The van der Waals surface area contributed by atoms with Crippen molar-refractivity contribution >= 4 is 22.7 Å². The number of H-pyrrole nitrogens is 1. The van der Waals surface area contributed by atoms with E-state index >= 15 is 4.39 Å². The normalized spacial score (nSPS) is 24.0. The third-order valence-electron chi connectivity index (χ3n) is 5.23. The minimum atomic E-state index is -2.02. The lowest BCUT2D eigenvalue weighted by Gasteiger charge is -2.39. The van der Waals surface area contributed by atoms with Gasteiger partial charge >= 0.3 is 0 Å². The minimum Gasteiger partial charge on any atom is -0.378 e. The topological polar surface area (TPSA) is 65.6 Å². The summed E-state index contributed by atoms with van der Waals surface area (Å²) in [7, 11) is 0. The first kappa shape index (κ1) is 17.0. The number of aromatic amines is 1. The summed E-state index contributed by atoms with van der Waals surface area (Å²) in [6.07, 6.45) is 2.28. The Bertz CT molecular complexity index is 830. The zero-order valence-electron chi connectivity index (χ0n) is 14.5. The Kier molecular flexibility index (Phi) is 4.40. The number of nitrogens with zero attached hydrogens (tertiary/aromatic N) is 2. The number of amides is 2. The second-order valence-corrected chi connectivity index (χ2v) is 6.95. The highest BCUT2D eigenvalue weighted by Gasteiger charge is 2.46. The van der Waals surface area contributed by atoms with Crippen LogP contribution < -0.4 is 0 Å². The van der Waals surface area contributed by atoms with Crippen LogP contribution in [-0.4, -0.2) is 71.7 Å². The maximum Gasteiger partial charge on any atom is 0.262 e. The Labute approximate surface area is 150 Å². The van der Waals surface area contributed by atoms with E-state index in [-0.39, 0.29) is 18.9 Å². The van der Waals surface area contributed by atoms with Gasteiger partial charge < -0.3 is 19.5 Å². The van der Waals surface area contributed by atoms with Crippen molar-refractivity contribution in [2.45, 2.75) is 18.5 Å². The number of piperidine rings is 1. The van der Waals surface area contributed by atoms with E-state index in [1.165, 1.54) is 9.80 Å². The van der Waals surface area contributed by atoms with Crippen molar-refractivity contribution in [2.75, 3.05) is 39.4 Å². The molecular formula is C19H22FN3O3. The first-order valence-electron chi connectivity index (χ1n) is 9.00. The predicted molar refractivity (Wildman–Crippen MR) is 94.7 cm³/mol. The zero-order chi connectivity index (χ0) is 18.1. The number of hydrogen-bond donors (Lipinski definition) is 1. The van der Waals surface area contributed by atoms with Crippen molar-refractivity contribution in [3.8, 4) is 0 Å². The Morgan fingerprint density at radius 3 is 2.69 bits per heavy atom. The maximum atomic E-state index is 15.5. The number of carbonyl (C=O) groups excluding carboxylic acids is 2. The van der Waals surface area contributed by atoms with E-state index in [9.17, 15) is 9.59 Å². The number of carbonyl (C=O) groups is 2. The SMILES string of the molecule is O=C(c1c[nH]c2ccccc12)N1CCCC(F)(C(=O)N2CCOCC2)C1. The van der Waals surface area contributed by atoms with Crippen LogP contribution in [0.5, 0.6) is 0 Å². The molecule has 26 heavy (non-hydrogen) atoms. The number of morpholine rings is 1. The molecule has 2 aromatic rings. The summed E-state index contributed by atoms with van der Waals surface area (Å²) in [5.74, 6) is -0.754. The number of likely N-dealkylation sites (tertiary alicyclic amines) is 1. The lowest BCUT2D eigenvalue weighted by Crippen LogP contribution is -2.58. The molecule has 2 amide bonds. The van der Waals surface area contributed by atoms with Gasteiger partial charge in [-0.2, -0.15) is 0 Å². The number of fused-ring (bicyclic) bond motifs is 1. The van der Waals surface area contributed by atoms with Gasteiger partial charge in [0.05, 0.1) is 25.3 Å². The van der Waals surface area contributed by atoms with Crippen molar-refractivity contribution in [1.82, 2.24) is 14.8 Å². The number of para-hydroxylation sites is 1. The minimum absolute atomic E-state index is 0.154. The van der Waals surface area contributed by atoms with Gasteiger partial charge in [0.15, 0.2) is 0 Å². The van der Waals surface area contributed by atoms with E-state index < -0.39 is 11.6 Å². The largest absolute Gasteiger partial charge is 0.378 e. The fourth-order valence-corrected chi connectivity index (χ4v) is 3.83. The molecule has 3 heterocycles. The van der Waals surface area contributed by atoms with E-state index in [0.717, 1.165) is 10.9 Å². The molecule has 2 aliphatic rings. The summed E-state index contributed by atoms with van der Waals surface area (Å²) < 4.78 is 20.7. The molecule has 0 bridgehead atoms. The van der Waals surface area contributed by atoms with Crippen LogP contribution in [0.1, 0.15) is 23.2 Å². The third kappa shape index (κ3) is 2.96. The Balaban J connectivity index is 1.54. The molecule has 1 atom stereocenters. The van der Waals surface area contributed by atoms with Crippen LogP contribution in [0, 0.1) is 0 Å². The molecule has 6 nitrogen and oxygen atoms in total. The molecule has 0 saturated carbocycles. The summed E-state index contributed by atoms with van der Waals surface area (Å²) in [5.41, 5.74) is -0.635. The second kappa shape index (κ2) is 6.72. The van der Waals surface area contributed by atoms with Gasteiger partial charge in [-0.1, -0.05) is 18.2 Å². The van der Waals surface area contributed by atoms with Crippen LogP contribution in [0.4, 0.5) is 4.39 Å². The average molecular weight is 359 g/mol. The van der Waals surface area contributed by atoms with E-state index in [4.69, 9.17) is 4.74 Å². The highest BCUT2D eigenvalue weighted by Crippen LogP contribution is 2.30. The first-order valence-corrected chi connectivity index (χ1v) is 9.00. The van der Waals surface area contributed by atoms with Gasteiger partial charge in [-0.15, -0.1) is 0 Å². The summed E-state index contributed by atoms with van der Waals surface area (Å²) in [6, 6.07) is 7.51. The van der Waals surface area contributed by atoms with Gasteiger partial charge in [0.25, 0.3) is 11.8 Å². The fraction of sp³-hybridized carbons (Fsp3) is 0.474. The van der Waals surface area contributed by atoms with Gasteiger partial charge in [-0.25, -0.2) is 4.39 Å². The number of halogens is 1. The Morgan fingerprint density at radius 2 is 1.88 bits per heavy atom. The number of nitrogens with one attached hydrogen (secondary N) is 1. The Hall–Kier alpha value is -2.41. The number of ether oxygens (including phenoxy) is 1. The molecule has 7 heteroatoms. The Morgan fingerprint density at radius 1 is 1.12 bits per heavy atom. The molecule has 2 saturated heterocycles. The predicted octanol–water partition coefficient (Wildman–Crippen LogP) is 1.97. The van der Waals surface area contributed by atoms with Crippen LogP contribution in [0.2, 0.25) is 0 Å². The summed E-state index contributed by atoms with van der Waals surface area (Å²) in [5, 5.41) is 0.812. The van der Waals surface area contributed by atoms with Crippen LogP contribution >= 0.6 is 0 Å². The molecule has 0 aliphatic carbocycles. The fourth-order valence-electron chi connectivity index (χ4n) is 3.83. The molecule has 0 radical (unpaired) electrons. The van der Waals surface area contributed by atoms with Crippen LogP contribution in [0.15, 0.2) is 30.5 Å². The summed E-state index contributed by atoms with van der Waals surface area (Å²) in [4.78, 5) is 31.7. The van der Waals surface area contributed by atoms with Crippen LogP contribution in [0.25, 0.3) is 10.9 Å². The molecule has 1 aromatic heterocycles. The van der Waals surface area contributed by atoms with Crippen LogP contribution in [0.3, 0.4) is 0 Å². The van der Waals surface area contributed by atoms with E-state index in [0.29, 0.717) is 44.8 Å². The summed E-state index contributed by atoms with van der Waals surface area (Å²) >= 11 is 0. The van der Waals surface area contributed by atoms with E-state index in [1.54, 1.807) is 6.20 Å². The molecular weight excluding hydrogens is 337 g/mol. The van der Waals surface area contributed by atoms with E-state index in [2.05, 4.69) is 4.98 Å². The van der Waals surface area contributed by atoms with Crippen molar-refractivity contribution in [3.63, 3.8) is 0 Å². The molecule has 138 valence electrons. The van der Waals surface area contributed by atoms with Gasteiger partial charge in [0.2, 0.25) is 5.67 Å². The van der Waals surface area contributed by atoms with Crippen molar-refractivity contribution in [3.05, 3.63) is 36.0 Å². The highest BCUT2D eigenvalue weighted by atomic mass is 19.1. The summed E-state index contributed by atoms with van der Waals surface area (Å²) in [6.45, 7) is 1.93. The first-order chi connectivity index (χ1) is 12.6. The molecule has 2 aliphatic heterocycles. The molecule has 1 unspecified atom stereocenters. The van der Waals surface area contributed by atoms with Gasteiger partial charge in [-0.3, -0.25) is 9.59 Å². The van der Waals surface area contributed by atoms with Crippen molar-refractivity contribution < 1.29 is 18.7 Å². The standard InChI is InChI=1S/C19H22FN3O3/c20-19(18(25)22-8-10-26-11-9-22)6-3-7-23(13-19)17(24)15-12-21-16-5-2-1-4-14(15)16/h1-2,4-5,12,21H,3,6-11,13H2. The van der Waals surface area contributed by atoms with Crippen molar-refractivity contribution in [1.29, 1.82) is 0 Å². The third-order valence-corrected chi connectivity index (χ3v) is 5.23. The average Bonchev–Trinajstić information content (AvgIpc) is 3.11. The van der Waals surface area contributed by atoms with Gasteiger partial charge in [0, 0.05) is 36.7 Å². The number of hydrogen-bond acceptors (Lipinski definition) is 3. The smallest absolute Gasteiger partial charge is 0.262 e. The lowest BCUT2D eigenvalue weighted by atomic mass is 9.92.